The van der Waals surface area contributed by atoms with Crippen molar-refractivity contribution < 1.29 is 18.7 Å². The molecule has 0 fully saturated rings. The van der Waals surface area contributed by atoms with E-state index < -0.39 is 0 Å². The topological polar surface area (TPSA) is 75.4 Å². The molecule has 2 amide bonds. The van der Waals surface area contributed by atoms with E-state index in [4.69, 9.17) is 9.47 Å². The number of aromatic nitrogens is 1. The summed E-state index contributed by atoms with van der Waals surface area (Å²) in [7, 11) is 3.09. The van der Waals surface area contributed by atoms with Crippen molar-refractivity contribution in [1.82, 2.24) is 10.3 Å². The minimum absolute atomic E-state index is 0.171. The second kappa shape index (κ2) is 9.43. The molecule has 32 heavy (non-hydrogen) atoms. The molecule has 3 N–H and O–H groups in total. The summed E-state index contributed by atoms with van der Waals surface area (Å²) in [5, 5.41) is 6.80. The first kappa shape index (κ1) is 21.2. The van der Waals surface area contributed by atoms with Gasteiger partial charge in [-0.15, -0.1) is 0 Å². The van der Waals surface area contributed by atoms with E-state index in [0.717, 1.165) is 22.0 Å². The van der Waals surface area contributed by atoms with Crippen LogP contribution < -0.4 is 20.1 Å². The predicted molar refractivity (Wildman–Crippen MR) is 123 cm³/mol. The molecular weight excluding hydrogens is 409 g/mol. The van der Waals surface area contributed by atoms with Crippen LogP contribution in [-0.2, 0) is 0 Å². The standard InChI is InChI=1S/C25H24FN3O3/c1-31-18-11-12-23(24(13-18)32-2)29-25(30)28-14-20(16-7-9-17(26)10-8-16)21-15-27-22-6-4-3-5-19(21)22/h3-13,15,20,27H,14H2,1-2H3,(H2,28,29,30)/t20-/m1/s1. The van der Waals surface area contributed by atoms with Crippen LogP contribution in [0.25, 0.3) is 10.9 Å². The third-order valence-corrected chi connectivity index (χ3v) is 5.39. The zero-order valence-corrected chi connectivity index (χ0v) is 17.8. The van der Waals surface area contributed by atoms with E-state index >= 15 is 0 Å². The highest BCUT2D eigenvalue weighted by Crippen LogP contribution is 2.31. The maximum atomic E-state index is 13.5. The first-order valence-corrected chi connectivity index (χ1v) is 10.2. The summed E-state index contributed by atoms with van der Waals surface area (Å²) >= 11 is 0. The van der Waals surface area contributed by atoms with E-state index in [9.17, 15) is 9.18 Å². The first-order valence-electron chi connectivity index (χ1n) is 10.2. The zero-order valence-electron chi connectivity index (χ0n) is 17.8. The van der Waals surface area contributed by atoms with Crippen molar-refractivity contribution in [2.45, 2.75) is 5.92 Å². The molecule has 4 aromatic rings. The van der Waals surface area contributed by atoms with Gasteiger partial charge < -0.3 is 25.1 Å². The molecule has 0 unspecified atom stereocenters. The SMILES string of the molecule is COc1ccc(NC(=O)NC[C@H](c2ccc(F)cc2)c2c[nH]c3ccccc23)c(OC)c1. The van der Waals surface area contributed by atoms with Crippen LogP contribution in [0.15, 0.2) is 72.9 Å². The number of fused-ring (bicyclic) bond motifs is 1. The number of carbonyl (C=O) groups is 1. The van der Waals surface area contributed by atoms with Crippen LogP contribution in [0, 0.1) is 5.82 Å². The number of hydrogen-bond donors (Lipinski definition) is 3. The van der Waals surface area contributed by atoms with E-state index in [0.29, 0.717) is 23.7 Å². The lowest BCUT2D eigenvalue weighted by Crippen LogP contribution is -2.32. The Hall–Kier alpha value is -4.00. The third kappa shape index (κ3) is 4.51. The molecule has 1 heterocycles. The smallest absolute Gasteiger partial charge is 0.319 e. The number of rotatable bonds is 7. The molecule has 0 aliphatic heterocycles. The average Bonchev–Trinajstić information content (AvgIpc) is 3.24. The molecule has 164 valence electrons. The van der Waals surface area contributed by atoms with Crippen LogP contribution in [-0.4, -0.2) is 31.8 Å². The van der Waals surface area contributed by atoms with Gasteiger partial charge in [-0.25, -0.2) is 9.18 Å². The van der Waals surface area contributed by atoms with Gasteiger partial charge in [-0.1, -0.05) is 30.3 Å². The molecule has 4 rings (SSSR count). The van der Waals surface area contributed by atoms with Gasteiger partial charge in [0.25, 0.3) is 0 Å². The third-order valence-electron chi connectivity index (χ3n) is 5.39. The summed E-state index contributed by atoms with van der Waals surface area (Å²) in [6.07, 6.45) is 1.94. The Morgan fingerprint density at radius 1 is 1.03 bits per heavy atom. The maximum absolute atomic E-state index is 13.5. The summed E-state index contributed by atoms with van der Waals surface area (Å²) in [6, 6.07) is 19.1. The van der Waals surface area contributed by atoms with Gasteiger partial charge in [0.05, 0.1) is 19.9 Å². The van der Waals surface area contributed by atoms with Crippen molar-refractivity contribution in [3.63, 3.8) is 0 Å². The lowest BCUT2D eigenvalue weighted by Gasteiger charge is -2.19. The van der Waals surface area contributed by atoms with Crippen molar-refractivity contribution >= 4 is 22.6 Å². The van der Waals surface area contributed by atoms with Crippen molar-refractivity contribution in [3.8, 4) is 11.5 Å². The number of amides is 2. The quantitative estimate of drug-likeness (QED) is 0.371. The molecule has 0 bridgehead atoms. The lowest BCUT2D eigenvalue weighted by molar-refractivity contribution is 0.251. The second-order valence-electron chi connectivity index (χ2n) is 7.29. The monoisotopic (exact) mass is 433 g/mol. The Labute approximate surface area is 185 Å². The van der Waals surface area contributed by atoms with E-state index in [1.807, 2.05) is 30.5 Å². The molecule has 0 saturated carbocycles. The maximum Gasteiger partial charge on any atom is 0.319 e. The number of carbonyl (C=O) groups excluding carboxylic acids is 1. The number of halogens is 1. The number of anilines is 1. The minimum atomic E-state index is -0.375. The van der Waals surface area contributed by atoms with Gasteiger partial charge in [-0.05, 0) is 41.5 Å². The highest BCUT2D eigenvalue weighted by atomic mass is 19.1. The summed E-state index contributed by atoms with van der Waals surface area (Å²) in [5.41, 5.74) is 3.45. The van der Waals surface area contributed by atoms with Gasteiger partial charge in [-0.2, -0.15) is 0 Å². The number of urea groups is 1. The molecule has 0 aliphatic rings. The number of aromatic amines is 1. The Morgan fingerprint density at radius 3 is 2.56 bits per heavy atom. The number of ether oxygens (including phenoxy) is 2. The summed E-state index contributed by atoms with van der Waals surface area (Å²) in [6.45, 7) is 0.317. The number of H-pyrrole nitrogens is 1. The van der Waals surface area contributed by atoms with Gasteiger partial charge in [-0.3, -0.25) is 0 Å². The van der Waals surface area contributed by atoms with Crippen molar-refractivity contribution in [2.24, 2.45) is 0 Å². The van der Waals surface area contributed by atoms with Crippen LogP contribution >= 0.6 is 0 Å². The van der Waals surface area contributed by atoms with Crippen LogP contribution in [0.3, 0.4) is 0 Å². The fourth-order valence-electron chi connectivity index (χ4n) is 3.75. The van der Waals surface area contributed by atoms with Gasteiger partial charge in [0, 0.05) is 35.6 Å². The molecule has 1 atom stereocenters. The van der Waals surface area contributed by atoms with Gasteiger partial charge in [0.1, 0.15) is 17.3 Å². The van der Waals surface area contributed by atoms with E-state index in [1.54, 1.807) is 37.4 Å². The van der Waals surface area contributed by atoms with Crippen molar-refractivity contribution in [3.05, 3.63) is 89.9 Å². The lowest BCUT2D eigenvalue weighted by atomic mass is 9.91. The minimum Gasteiger partial charge on any atom is -0.497 e. The van der Waals surface area contributed by atoms with E-state index in [-0.39, 0.29) is 17.8 Å². The molecule has 6 nitrogen and oxygen atoms in total. The molecule has 0 saturated heterocycles. The molecule has 0 spiro atoms. The fourth-order valence-corrected chi connectivity index (χ4v) is 3.75. The number of para-hydroxylation sites is 1. The van der Waals surface area contributed by atoms with Crippen LogP contribution in [0.2, 0.25) is 0 Å². The largest absolute Gasteiger partial charge is 0.497 e. The molecule has 7 heteroatoms. The predicted octanol–water partition coefficient (Wildman–Crippen LogP) is 5.28. The van der Waals surface area contributed by atoms with E-state index in [2.05, 4.69) is 15.6 Å². The number of hydrogen-bond acceptors (Lipinski definition) is 3. The highest BCUT2D eigenvalue weighted by molar-refractivity contribution is 5.91. The number of benzene rings is 3. The first-order chi connectivity index (χ1) is 15.6. The zero-order chi connectivity index (χ0) is 22.5. The fraction of sp³-hybridized carbons (Fsp3) is 0.160. The van der Waals surface area contributed by atoms with Gasteiger partial charge >= 0.3 is 6.03 Å². The van der Waals surface area contributed by atoms with Crippen LogP contribution in [0.4, 0.5) is 14.9 Å². The highest BCUT2D eigenvalue weighted by Gasteiger charge is 2.19. The summed E-state index contributed by atoms with van der Waals surface area (Å²) in [4.78, 5) is 16.0. The van der Waals surface area contributed by atoms with Crippen molar-refractivity contribution in [2.75, 3.05) is 26.1 Å². The second-order valence-corrected chi connectivity index (χ2v) is 7.29. The summed E-state index contributed by atoms with van der Waals surface area (Å²) < 4.78 is 24.1. The van der Waals surface area contributed by atoms with Crippen LogP contribution in [0.5, 0.6) is 11.5 Å². The summed E-state index contributed by atoms with van der Waals surface area (Å²) in [5.74, 6) is 0.647. The average molecular weight is 433 g/mol. The Balaban J connectivity index is 1.56. The Bertz CT molecular complexity index is 1220. The molecule has 1 aromatic heterocycles. The molecule has 0 radical (unpaired) electrons. The molecular formula is C25H24FN3O3. The van der Waals surface area contributed by atoms with Crippen molar-refractivity contribution in [1.29, 1.82) is 0 Å². The van der Waals surface area contributed by atoms with E-state index in [1.165, 1.54) is 19.2 Å². The Kier molecular flexibility index (Phi) is 6.26. The van der Waals surface area contributed by atoms with Gasteiger partial charge in [0.15, 0.2) is 0 Å². The molecule has 3 aromatic carbocycles. The number of methoxy groups -OCH3 is 2. The molecule has 0 aliphatic carbocycles. The normalized spacial score (nSPS) is 11.7. The van der Waals surface area contributed by atoms with Crippen LogP contribution in [0.1, 0.15) is 17.0 Å². The van der Waals surface area contributed by atoms with Gasteiger partial charge in [0.2, 0.25) is 0 Å². The number of nitrogens with one attached hydrogen (secondary N) is 3. The Morgan fingerprint density at radius 2 is 1.81 bits per heavy atom.